The zero-order chi connectivity index (χ0) is 14.3. The Morgan fingerprint density at radius 3 is 2.32 bits per heavy atom. The highest BCUT2D eigenvalue weighted by molar-refractivity contribution is 6.21. The predicted octanol–water partition coefficient (Wildman–Crippen LogP) is 4.08. The van der Waals surface area contributed by atoms with E-state index in [9.17, 15) is 4.79 Å². The first-order valence-corrected chi connectivity index (χ1v) is 8.17. The molecule has 0 aliphatic heterocycles. The summed E-state index contributed by atoms with van der Waals surface area (Å²) < 4.78 is 9.71. The van der Waals surface area contributed by atoms with Gasteiger partial charge < -0.3 is 8.68 Å². The quantitative estimate of drug-likeness (QED) is 0.168. The maximum atomic E-state index is 11.3. The highest BCUT2D eigenvalue weighted by Crippen LogP contribution is 2.08. The van der Waals surface area contributed by atoms with Gasteiger partial charge in [0.05, 0.1) is 0 Å². The Kier molecular flexibility index (Phi) is 13.6. The molecule has 4 nitrogen and oxygen atoms in total. The molecule has 0 aromatic rings. The first-order chi connectivity index (χ1) is 9.20. The molecule has 0 heterocycles. The largest absolute Gasteiger partial charge is 0.820 e. The van der Waals surface area contributed by atoms with Crippen molar-refractivity contribution in [3.05, 3.63) is 12.3 Å². The van der Waals surface area contributed by atoms with Gasteiger partial charge in [0.15, 0.2) is 0 Å². The Bertz CT molecular complexity index is 244. The molecule has 109 valence electrons. The van der Waals surface area contributed by atoms with Crippen LogP contribution in [0.15, 0.2) is 12.3 Å². The minimum atomic E-state index is -0.892. The van der Waals surface area contributed by atoms with Crippen LogP contribution in [0.3, 0.4) is 0 Å². The second kappa shape index (κ2) is 13.9. The first kappa shape index (κ1) is 18.5. The lowest BCUT2D eigenvalue weighted by Crippen LogP contribution is -2.11. The van der Waals surface area contributed by atoms with Crippen LogP contribution >= 0.6 is 0 Å². The molecule has 0 amide bonds. The van der Waals surface area contributed by atoms with Crippen molar-refractivity contribution < 1.29 is 17.4 Å². The normalized spacial score (nSPS) is 10.0. The predicted molar refractivity (Wildman–Crippen MR) is 76.1 cm³/mol. The van der Waals surface area contributed by atoms with Crippen LogP contribution < -0.4 is 0 Å². The average Bonchev–Trinajstić information content (AvgIpc) is 2.42. The van der Waals surface area contributed by atoms with E-state index in [0.29, 0.717) is 18.6 Å². The third-order valence-corrected chi connectivity index (χ3v) is 3.30. The number of carbonyl (C=O) groups is 1. The van der Waals surface area contributed by atoms with E-state index in [0.717, 1.165) is 12.8 Å². The van der Waals surface area contributed by atoms with Crippen LogP contribution in [0.1, 0.15) is 71.6 Å². The number of rotatable bonds is 13. The van der Waals surface area contributed by atoms with E-state index >= 15 is 0 Å². The summed E-state index contributed by atoms with van der Waals surface area (Å²) in [6.07, 6.45) is 9.50. The Morgan fingerprint density at radius 1 is 1.05 bits per heavy atom. The van der Waals surface area contributed by atoms with Gasteiger partial charge >= 0.3 is 15.9 Å². The van der Waals surface area contributed by atoms with Crippen molar-refractivity contribution in [3.8, 4) is 0 Å². The third-order valence-electron chi connectivity index (χ3n) is 2.76. The van der Waals surface area contributed by atoms with Gasteiger partial charge in [-0.1, -0.05) is 59.0 Å². The molecule has 0 fully saturated rings. The van der Waals surface area contributed by atoms with E-state index < -0.39 is 15.9 Å². The molecule has 0 atom stereocenters. The summed E-state index contributed by atoms with van der Waals surface area (Å²) in [6.45, 7) is 7.73. The van der Waals surface area contributed by atoms with Gasteiger partial charge in [-0.3, -0.25) is 8.73 Å². The van der Waals surface area contributed by atoms with Crippen molar-refractivity contribution in [2.24, 2.45) is 0 Å². The zero-order valence-corrected chi connectivity index (χ0v) is 13.4. The summed E-state index contributed by atoms with van der Waals surface area (Å²) in [4.78, 5) is 16.1. The monoisotopic (exact) mass is 285 g/mol. The molecular weight excluding hydrogens is 259 g/mol. The van der Waals surface area contributed by atoms with Gasteiger partial charge in [-0.15, -0.1) is 0 Å². The Hall–Kier alpha value is -0.498. The Labute approximate surface area is 123 Å². The lowest BCUT2D eigenvalue weighted by Gasteiger charge is -2.06. The molecule has 1 radical (unpaired) electrons. The van der Waals surface area contributed by atoms with E-state index in [2.05, 4.69) is 13.5 Å². The van der Waals surface area contributed by atoms with Crippen LogP contribution in [-0.4, -0.2) is 21.9 Å². The maximum absolute atomic E-state index is 11.3. The van der Waals surface area contributed by atoms with Crippen LogP contribution in [0.5, 0.6) is 0 Å². The smallest absolute Gasteiger partial charge is 0.598 e. The van der Waals surface area contributed by atoms with Gasteiger partial charge in [-0.2, -0.15) is 0 Å². The van der Waals surface area contributed by atoms with E-state index in [1.165, 1.54) is 32.1 Å². The fourth-order valence-electron chi connectivity index (χ4n) is 1.51. The molecule has 0 aromatic heterocycles. The van der Waals surface area contributed by atoms with Gasteiger partial charge in [0.1, 0.15) is 5.76 Å². The van der Waals surface area contributed by atoms with Gasteiger partial charge in [-0.25, -0.2) is 0 Å². The molecule has 19 heavy (non-hydrogen) atoms. The summed E-state index contributed by atoms with van der Waals surface area (Å²) in [7, 11) is 0. The van der Waals surface area contributed by atoms with E-state index in [4.69, 9.17) is 12.6 Å². The van der Waals surface area contributed by atoms with Crippen LogP contribution in [0.2, 0.25) is 0 Å². The molecule has 0 bridgehead atoms. The van der Waals surface area contributed by atoms with Gasteiger partial charge in [-0.05, 0) is 6.42 Å². The van der Waals surface area contributed by atoms with E-state index in [-0.39, 0.29) is 5.97 Å². The van der Waals surface area contributed by atoms with Crippen molar-refractivity contribution >= 4 is 21.9 Å². The lowest BCUT2D eigenvalue weighted by molar-refractivity contribution is -0.183. The maximum Gasteiger partial charge on any atom is 0.820 e. The molecule has 0 aliphatic rings. The number of allylic oxidation sites excluding steroid dienone is 1. The van der Waals surface area contributed by atoms with Crippen molar-refractivity contribution in [1.82, 2.24) is 0 Å². The summed E-state index contributed by atoms with van der Waals surface area (Å²) in [5.74, 6) is 0.338. The van der Waals surface area contributed by atoms with E-state index in [1.54, 1.807) is 0 Å². The molecule has 0 unspecified atom stereocenters. The topological polar surface area (TPSA) is 44.8 Å². The van der Waals surface area contributed by atoms with Gasteiger partial charge in [0, 0.05) is 12.8 Å². The second-order valence-electron chi connectivity index (χ2n) is 4.53. The number of hydrogen-bond acceptors (Lipinski definition) is 4. The third kappa shape index (κ3) is 13.7. The molecule has 0 N–H and O–H groups in total. The van der Waals surface area contributed by atoms with Crippen molar-refractivity contribution in [1.29, 1.82) is 0 Å². The van der Waals surface area contributed by atoms with Crippen molar-refractivity contribution in [2.45, 2.75) is 71.6 Å². The summed E-state index contributed by atoms with van der Waals surface area (Å²) in [6, 6.07) is 0. The highest BCUT2D eigenvalue weighted by atomic mass is 27.2. The molecule has 0 spiro atoms. The van der Waals surface area contributed by atoms with Crippen molar-refractivity contribution in [3.63, 3.8) is 0 Å². The molecule has 0 rings (SSSR count). The molecule has 0 aromatic carbocycles. The standard InChI is InChI=1S/C10H20O2.C4H8O2.Al/c1-2-3-4-5-6-7-8-9-10(11)12;1-3-4(2)6-5;/h2-9H2,1H3,(H,11,12);5H,2-3H2,1H3;/q;;+2/p-2. The zero-order valence-electron chi connectivity index (χ0n) is 12.3. The fraction of sp³-hybridized carbons (Fsp3) is 0.786. The molecular formula is C14H26AlO4. The number of carbonyl (C=O) groups excluding carboxylic acids is 1. The first-order valence-electron chi connectivity index (χ1n) is 7.23. The summed E-state index contributed by atoms with van der Waals surface area (Å²) in [5, 5.41) is 0. The fourth-order valence-corrected chi connectivity index (χ4v) is 1.95. The minimum Gasteiger partial charge on any atom is -0.598 e. The highest BCUT2D eigenvalue weighted by Gasteiger charge is 2.09. The molecule has 5 heteroatoms. The average molecular weight is 285 g/mol. The Morgan fingerprint density at radius 2 is 1.68 bits per heavy atom. The van der Waals surface area contributed by atoms with Gasteiger partial charge in [0.2, 0.25) is 0 Å². The van der Waals surface area contributed by atoms with Crippen LogP contribution in [0.25, 0.3) is 0 Å². The van der Waals surface area contributed by atoms with Crippen molar-refractivity contribution in [2.75, 3.05) is 0 Å². The summed E-state index contributed by atoms with van der Waals surface area (Å²) >= 11 is -0.892. The summed E-state index contributed by atoms with van der Waals surface area (Å²) in [5.41, 5.74) is 0. The molecule has 0 saturated carbocycles. The van der Waals surface area contributed by atoms with Crippen LogP contribution in [0, 0.1) is 0 Å². The van der Waals surface area contributed by atoms with E-state index in [1.807, 2.05) is 6.92 Å². The van der Waals surface area contributed by atoms with Crippen LogP contribution in [-0.2, 0) is 17.4 Å². The molecule has 0 saturated heterocycles. The Balaban J connectivity index is 3.23. The number of hydrogen-bond donors (Lipinski definition) is 0. The molecule has 0 aliphatic carbocycles. The second-order valence-corrected chi connectivity index (χ2v) is 5.15. The number of unbranched alkanes of at least 4 members (excludes halogenated alkanes) is 6. The SMILES string of the molecule is C=C(CC)O[O][Al][O]C(=O)CCCCCCCCC. The van der Waals surface area contributed by atoms with Crippen LogP contribution in [0.4, 0.5) is 0 Å². The van der Waals surface area contributed by atoms with Gasteiger partial charge in [0.25, 0.3) is 5.97 Å². The minimum absolute atomic E-state index is 0.200. The lowest BCUT2D eigenvalue weighted by atomic mass is 10.1.